The highest BCUT2D eigenvalue weighted by Gasteiger charge is 2.42. The summed E-state index contributed by atoms with van der Waals surface area (Å²) in [5, 5.41) is 3.01. The fourth-order valence-electron chi connectivity index (χ4n) is 4.39. The minimum absolute atomic E-state index is 0.0174. The molecule has 1 N–H and O–H groups in total. The molecule has 3 rings (SSSR count). The van der Waals surface area contributed by atoms with Crippen molar-refractivity contribution in [2.45, 2.75) is 40.0 Å². The van der Waals surface area contributed by atoms with Gasteiger partial charge in [0, 0.05) is 25.6 Å². The molecule has 0 aromatic heterocycles. The minimum Gasteiger partial charge on any atom is -0.352 e. The molecule has 1 fully saturated rings. The Labute approximate surface area is 186 Å². The van der Waals surface area contributed by atoms with Crippen molar-refractivity contribution >= 4 is 11.8 Å². The lowest BCUT2D eigenvalue weighted by atomic mass is 9.72. The zero-order valence-corrected chi connectivity index (χ0v) is 19.0. The van der Waals surface area contributed by atoms with Gasteiger partial charge in [-0.15, -0.1) is 6.58 Å². The molecule has 0 unspecified atom stereocenters. The van der Waals surface area contributed by atoms with Crippen LogP contribution in [0.15, 0.2) is 61.2 Å². The maximum atomic E-state index is 13.2. The summed E-state index contributed by atoms with van der Waals surface area (Å²) < 4.78 is 0. The summed E-state index contributed by atoms with van der Waals surface area (Å²) in [5.41, 5.74) is 4.26. The summed E-state index contributed by atoms with van der Waals surface area (Å²) in [4.78, 5) is 27.5. The molecule has 4 heteroatoms. The molecule has 0 bridgehead atoms. The van der Waals surface area contributed by atoms with Gasteiger partial charge >= 0.3 is 0 Å². The molecule has 0 spiro atoms. The topological polar surface area (TPSA) is 49.4 Å². The summed E-state index contributed by atoms with van der Waals surface area (Å²) in [6, 6.07) is 17.0. The molecule has 2 amide bonds. The van der Waals surface area contributed by atoms with Crippen molar-refractivity contribution in [2.75, 3.05) is 19.6 Å². The number of hydrogen-bond donors (Lipinski definition) is 1. The van der Waals surface area contributed by atoms with Crippen LogP contribution in [-0.4, -0.2) is 36.3 Å². The maximum Gasteiger partial charge on any atom is 0.226 e. The smallest absolute Gasteiger partial charge is 0.226 e. The first-order valence-electron chi connectivity index (χ1n) is 11.2. The first-order chi connectivity index (χ1) is 14.8. The number of amides is 2. The maximum absolute atomic E-state index is 13.2. The number of likely N-dealkylation sites (tertiary alicyclic amines) is 1. The predicted octanol–water partition coefficient (Wildman–Crippen LogP) is 4.77. The third-order valence-corrected chi connectivity index (χ3v) is 6.26. The second-order valence-corrected chi connectivity index (χ2v) is 9.00. The van der Waals surface area contributed by atoms with Crippen LogP contribution in [0.2, 0.25) is 0 Å². The quantitative estimate of drug-likeness (QED) is 0.659. The first kappa shape index (κ1) is 22.8. The molecule has 0 saturated carbocycles. The lowest BCUT2D eigenvalue weighted by molar-refractivity contribution is -0.142. The van der Waals surface area contributed by atoms with Gasteiger partial charge in [0.05, 0.1) is 5.41 Å². The molecule has 1 aliphatic heterocycles. The van der Waals surface area contributed by atoms with E-state index in [1.807, 2.05) is 18.7 Å². The Morgan fingerprint density at radius 2 is 1.77 bits per heavy atom. The van der Waals surface area contributed by atoms with Crippen molar-refractivity contribution < 1.29 is 9.59 Å². The number of hydrogen-bond acceptors (Lipinski definition) is 2. The molecule has 2 aromatic rings. The largest absolute Gasteiger partial charge is 0.352 e. The minimum atomic E-state index is -0.498. The zero-order valence-electron chi connectivity index (χ0n) is 19.0. The first-order valence-corrected chi connectivity index (χ1v) is 11.2. The molecular weight excluding hydrogens is 384 g/mol. The van der Waals surface area contributed by atoms with Crippen LogP contribution in [0.4, 0.5) is 0 Å². The summed E-state index contributed by atoms with van der Waals surface area (Å²) >= 11 is 0. The predicted molar refractivity (Wildman–Crippen MR) is 127 cm³/mol. The van der Waals surface area contributed by atoms with Crippen molar-refractivity contribution in [3.8, 4) is 11.1 Å². The van der Waals surface area contributed by atoms with Gasteiger partial charge in [-0.05, 0) is 42.9 Å². The normalized spacial score (nSPS) is 15.5. The van der Waals surface area contributed by atoms with Crippen LogP contribution in [0.5, 0.6) is 0 Å². The zero-order chi connectivity index (χ0) is 22.4. The number of nitrogens with zero attached hydrogens (tertiary/aromatic N) is 1. The number of carbonyl (C=O) groups excluding carboxylic acids is 2. The molecule has 4 nitrogen and oxygen atoms in total. The van der Waals surface area contributed by atoms with Gasteiger partial charge in [0.2, 0.25) is 11.8 Å². The van der Waals surface area contributed by atoms with Crippen molar-refractivity contribution in [3.05, 3.63) is 72.3 Å². The second-order valence-electron chi connectivity index (χ2n) is 9.00. The van der Waals surface area contributed by atoms with Crippen LogP contribution in [0.25, 0.3) is 11.1 Å². The Hall–Kier alpha value is -2.88. The van der Waals surface area contributed by atoms with Gasteiger partial charge in [-0.2, -0.15) is 0 Å². The Balaban J connectivity index is 1.78. The van der Waals surface area contributed by atoms with E-state index < -0.39 is 5.41 Å². The Kier molecular flexibility index (Phi) is 7.32. The van der Waals surface area contributed by atoms with Gasteiger partial charge in [-0.3, -0.25) is 9.59 Å². The third kappa shape index (κ3) is 5.43. The summed E-state index contributed by atoms with van der Waals surface area (Å²) in [6.07, 6.45) is 3.73. The monoisotopic (exact) mass is 418 g/mol. The van der Waals surface area contributed by atoms with Gasteiger partial charge in [0.25, 0.3) is 0 Å². The van der Waals surface area contributed by atoms with E-state index in [0.717, 1.165) is 5.56 Å². The van der Waals surface area contributed by atoms with Gasteiger partial charge in [-0.25, -0.2) is 0 Å². The second kappa shape index (κ2) is 9.95. The van der Waals surface area contributed by atoms with E-state index >= 15 is 0 Å². The van der Waals surface area contributed by atoms with E-state index in [4.69, 9.17) is 0 Å². The number of aryl methyl sites for hydroxylation is 1. The molecule has 31 heavy (non-hydrogen) atoms. The van der Waals surface area contributed by atoms with Crippen LogP contribution in [0.3, 0.4) is 0 Å². The van der Waals surface area contributed by atoms with Crippen LogP contribution < -0.4 is 5.32 Å². The van der Waals surface area contributed by atoms with Crippen LogP contribution in [0.1, 0.15) is 37.8 Å². The van der Waals surface area contributed by atoms with Crippen molar-refractivity contribution in [2.24, 2.45) is 11.3 Å². The van der Waals surface area contributed by atoms with Gasteiger partial charge in [0.1, 0.15) is 0 Å². The van der Waals surface area contributed by atoms with Crippen molar-refractivity contribution in [3.63, 3.8) is 0 Å². The summed E-state index contributed by atoms with van der Waals surface area (Å²) in [5.74, 6) is 0.214. The number of rotatable bonds is 7. The average molecular weight is 419 g/mol. The fraction of sp³-hybridized carbons (Fsp3) is 0.407. The molecule has 0 radical (unpaired) electrons. The summed E-state index contributed by atoms with van der Waals surface area (Å²) in [6.45, 7) is 11.4. The van der Waals surface area contributed by atoms with E-state index in [2.05, 4.69) is 67.4 Å². The van der Waals surface area contributed by atoms with Crippen LogP contribution in [-0.2, 0) is 16.0 Å². The molecule has 0 aliphatic carbocycles. The Morgan fingerprint density at radius 3 is 2.35 bits per heavy atom. The van der Waals surface area contributed by atoms with Gasteiger partial charge < -0.3 is 10.2 Å². The van der Waals surface area contributed by atoms with E-state index in [1.54, 1.807) is 6.08 Å². The molecule has 164 valence electrons. The molecule has 1 heterocycles. The van der Waals surface area contributed by atoms with Crippen LogP contribution in [0, 0.1) is 18.3 Å². The van der Waals surface area contributed by atoms with Crippen LogP contribution >= 0.6 is 0 Å². The molecule has 0 atom stereocenters. The highest BCUT2D eigenvalue weighted by Crippen LogP contribution is 2.36. The van der Waals surface area contributed by atoms with E-state index in [1.165, 1.54) is 16.7 Å². The number of nitrogens with one attached hydrogen (secondary N) is 1. The fourth-order valence-corrected chi connectivity index (χ4v) is 4.39. The van der Waals surface area contributed by atoms with E-state index in [0.29, 0.717) is 38.9 Å². The average Bonchev–Trinajstić information content (AvgIpc) is 2.78. The SMILES string of the molecule is C=CCNC(=O)C1(Cc2ccc(-c3cccc(C)c3)cc2)CCN(C(=O)C(C)C)CC1. The molecule has 1 aliphatic rings. The lowest BCUT2D eigenvalue weighted by Crippen LogP contribution is -2.52. The molecule has 1 saturated heterocycles. The standard InChI is InChI=1S/C27H34N2O2/c1-5-15-28-26(31)27(13-16-29(17-14-27)25(30)20(2)3)19-22-9-11-23(12-10-22)24-8-6-7-21(4)18-24/h5-12,18,20H,1,13-17,19H2,2-4H3,(H,28,31). The Morgan fingerprint density at radius 1 is 1.10 bits per heavy atom. The third-order valence-electron chi connectivity index (χ3n) is 6.26. The van der Waals surface area contributed by atoms with Crippen molar-refractivity contribution in [1.82, 2.24) is 10.2 Å². The van der Waals surface area contributed by atoms with Crippen molar-refractivity contribution in [1.29, 1.82) is 0 Å². The summed E-state index contributed by atoms with van der Waals surface area (Å²) in [7, 11) is 0. The van der Waals surface area contributed by atoms with E-state index in [9.17, 15) is 9.59 Å². The van der Waals surface area contributed by atoms with Gasteiger partial charge in [-0.1, -0.05) is 74.0 Å². The highest BCUT2D eigenvalue weighted by atomic mass is 16.2. The number of benzene rings is 2. The molecule has 2 aromatic carbocycles. The highest BCUT2D eigenvalue weighted by molar-refractivity contribution is 5.84. The Bertz CT molecular complexity index is 923. The molecular formula is C27H34N2O2. The number of carbonyl (C=O) groups is 2. The number of piperidine rings is 1. The van der Waals surface area contributed by atoms with Gasteiger partial charge in [0.15, 0.2) is 0 Å². The lowest BCUT2D eigenvalue weighted by Gasteiger charge is -2.41. The van der Waals surface area contributed by atoms with E-state index in [-0.39, 0.29) is 17.7 Å².